The van der Waals surface area contributed by atoms with Crippen LogP contribution in [0.4, 0.5) is 13.2 Å². The number of rotatable bonds is 3. The zero-order valence-electron chi connectivity index (χ0n) is 9.98. The number of hydrogen-bond donors (Lipinski definition) is 0. The summed E-state index contributed by atoms with van der Waals surface area (Å²) in [5.74, 6) is 0. The third-order valence-corrected chi connectivity index (χ3v) is 6.63. The van der Waals surface area contributed by atoms with Crippen LogP contribution in [0.15, 0.2) is 0 Å². The van der Waals surface area contributed by atoms with Gasteiger partial charge in [0.2, 0.25) is 0 Å². The van der Waals surface area contributed by atoms with E-state index in [2.05, 4.69) is 0 Å². The van der Waals surface area contributed by atoms with Crippen molar-refractivity contribution in [3.05, 3.63) is 0 Å². The fourth-order valence-corrected chi connectivity index (χ4v) is 2.85. The van der Waals surface area contributed by atoms with Crippen LogP contribution in [0.3, 0.4) is 0 Å². The maximum absolute atomic E-state index is 11.5. The lowest BCUT2D eigenvalue weighted by Gasteiger charge is -2.09. The van der Waals surface area contributed by atoms with Crippen molar-refractivity contribution in [3.63, 3.8) is 0 Å². The van der Waals surface area contributed by atoms with Crippen LogP contribution in [0, 0.1) is 0 Å². The molecule has 0 bridgehead atoms. The van der Waals surface area contributed by atoms with Crippen LogP contribution in [0.2, 0.25) is 12.6 Å². The van der Waals surface area contributed by atoms with E-state index in [1.165, 1.54) is 19.3 Å². The van der Waals surface area contributed by atoms with Crippen LogP contribution >= 0.6 is 0 Å². The van der Waals surface area contributed by atoms with Crippen molar-refractivity contribution in [2.75, 3.05) is 13.2 Å². The highest BCUT2D eigenvalue weighted by atomic mass is 28.3. The number of halogens is 3. The summed E-state index contributed by atoms with van der Waals surface area (Å²) in [6.45, 7) is 3.79. The van der Waals surface area contributed by atoms with Crippen molar-refractivity contribution in [1.82, 2.24) is 0 Å². The van der Waals surface area contributed by atoms with Gasteiger partial charge in [0.05, 0.1) is 0 Å². The number of ether oxygens (including phenoxy) is 1. The van der Waals surface area contributed by atoms with Gasteiger partial charge in [-0.15, -0.1) is 0 Å². The lowest BCUT2D eigenvalue weighted by molar-refractivity contribution is -0.130. The molecule has 1 saturated heterocycles. The fourth-order valence-electron chi connectivity index (χ4n) is 1.17. The average molecular weight is 274 g/mol. The van der Waals surface area contributed by atoms with Gasteiger partial charge >= 0.3 is 6.18 Å². The van der Waals surface area contributed by atoms with Crippen molar-refractivity contribution in [1.29, 1.82) is 0 Å². The van der Waals surface area contributed by atoms with Gasteiger partial charge in [0.15, 0.2) is 9.04 Å². The molecule has 1 rings (SSSR count). The molecule has 1 atom stereocenters. The molecule has 1 fully saturated rings. The van der Waals surface area contributed by atoms with Crippen LogP contribution < -0.4 is 0 Å². The smallest absolute Gasteiger partial charge is 0.388 e. The first kappa shape index (κ1) is 16.1. The maximum atomic E-state index is 11.5. The fraction of sp³-hybridized carbons (Fsp3) is 1.00. The van der Waals surface area contributed by atoms with E-state index in [0.29, 0.717) is 10.5 Å². The van der Waals surface area contributed by atoms with Gasteiger partial charge in [-0.2, -0.15) is 13.2 Å². The molecule has 1 heterocycles. The normalized spacial score (nSPS) is 18.8. The van der Waals surface area contributed by atoms with Gasteiger partial charge in [-0.3, -0.25) is 0 Å². The van der Waals surface area contributed by atoms with E-state index in [-0.39, 0.29) is 6.04 Å². The Balaban J connectivity index is 0.000000315. The minimum absolute atomic E-state index is 0.215. The zero-order valence-corrected chi connectivity index (χ0v) is 13.1. The second kappa shape index (κ2) is 9.20. The molecule has 1 unspecified atom stereocenters. The Hall–Kier alpha value is 0.144. The van der Waals surface area contributed by atoms with Crippen molar-refractivity contribution >= 4 is 19.5 Å². The second-order valence-electron chi connectivity index (χ2n) is 3.87. The van der Waals surface area contributed by atoms with Crippen LogP contribution in [-0.4, -0.2) is 38.9 Å². The molecule has 0 aromatic carbocycles. The summed E-state index contributed by atoms with van der Waals surface area (Å²) in [5, 5.41) is 0. The van der Waals surface area contributed by atoms with E-state index >= 15 is 0 Å². The predicted octanol–water partition coefficient (Wildman–Crippen LogP) is 1.78. The Bertz CT molecular complexity index is 152. The van der Waals surface area contributed by atoms with Gasteiger partial charge in [-0.25, -0.2) is 0 Å². The first-order chi connectivity index (χ1) is 7.45. The summed E-state index contributed by atoms with van der Waals surface area (Å²) < 4.78 is 44.6. The monoisotopic (exact) mass is 274 g/mol. The summed E-state index contributed by atoms with van der Waals surface area (Å²) >= 11 is 0. The molecule has 7 heteroatoms. The summed E-state index contributed by atoms with van der Waals surface area (Å²) in [5.41, 5.74) is 0. The van der Waals surface area contributed by atoms with Gasteiger partial charge in [0.1, 0.15) is 10.5 Å². The summed E-state index contributed by atoms with van der Waals surface area (Å²) in [6.07, 6.45) is -0.746. The third kappa shape index (κ3) is 12.2. The van der Waals surface area contributed by atoms with E-state index in [1.807, 2.05) is 0 Å². The van der Waals surface area contributed by atoms with Gasteiger partial charge in [-0.05, 0) is 31.9 Å². The van der Waals surface area contributed by atoms with E-state index in [9.17, 15) is 13.2 Å². The standard InChI is InChI=1S/C5H10O.C4H11F3OSi2/c1-2-4-6-5-3-1;1-10(8-9)3-2-4(5,6)7/h1-5H2;10H,2-3H2,1,9H3. The zero-order chi connectivity index (χ0) is 12.4. The van der Waals surface area contributed by atoms with Gasteiger partial charge in [-0.1, -0.05) is 0 Å². The van der Waals surface area contributed by atoms with Crippen LogP contribution in [0.1, 0.15) is 25.7 Å². The van der Waals surface area contributed by atoms with Crippen molar-refractivity contribution in [2.24, 2.45) is 0 Å². The van der Waals surface area contributed by atoms with Crippen LogP contribution in [-0.2, 0) is 8.85 Å². The molecule has 2 nitrogen and oxygen atoms in total. The maximum Gasteiger partial charge on any atom is 0.388 e. The SMILES string of the molecule is C1CCOCC1.C[SiH](CCC(F)(F)F)O[SiH3]. The second-order valence-corrected chi connectivity index (χ2v) is 7.96. The third-order valence-electron chi connectivity index (χ3n) is 2.31. The molecule has 0 aliphatic carbocycles. The number of alkyl halides is 3. The number of hydrogen-bond acceptors (Lipinski definition) is 2. The molecular weight excluding hydrogens is 253 g/mol. The highest BCUT2D eigenvalue weighted by Crippen LogP contribution is 2.22. The molecule has 0 aromatic heterocycles. The Morgan fingerprint density at radius 3 is 2.06 bits per heavy atom. The largest absolute Gasteiger partial charge is 0.466 e. The first-order valence-electron chi connectivity index (χ1n) is 5.63. The van der Waals surface area contributed by atoms with Gasteiger partial charge in [0, 0.05) is 19.6 Å². The topological polar surface area (TPSA) is 18.5 Å². The van der Waals surface area contributed by atoms with Crippen molar-refractivity contribution in [2.45, 2.75) is 44.5 Å². The minimum atomic E-state index is -4.00. The Morgan fingerprint density at radius 2 is 1.81 bits per heavy atom. The van der Waals surface area contributed by atoms with Gasteiger partial charge in [0.25, 0.3) is 0 Å². The molecule has 0 saturated carbocycles. The van der Waals surface area contributed by atoms with E-state index < -0.39 is 21.6 Å². The van der Waals surface area contributed by atoms with Crippen molar-refractivity contribution < 1.29 is 22.0 Å². The Kier molecular flexibility index (Phi) is 9.29. The predicted molar refractivity (Wildman–Crippen MR) is 64.2 cm³/mol. The Labute approximate surface area is 99.8 Å². The van der Waals surface area contributed by atoms with Gasteiger partial charge < -0.3 is 8.85 Å². The Morgan fingerprint density at radius 1 is 1.25 bits per heavy atom. The molecule has 16 heavy (non-hydrogen) atoms. The molecule has 0 spiro atoms. The van der Waals surface area contributed by atoms with Crippen LogP contribution in [0.5, 0.6) is 0 Å². The summed E-state index contributed by atoms with van der Waals surface area (Å²) in [4.78, 5) is 0. The summed E-state index contributed by atoms with van der Waals surface area (Å²) in [6, 6.07) is 0.215. The molecule has 1 aliphatic heterocycles. The molecular formula is C9H21F3O2Si2. The molecule has 0 radical (unpaired) electrons. The van der Waals surface area contributed by atoms with E-state index in [4.69, 9.17) is 8.85 Å². The molecule has 1 aliphatic rings. The van der Waals surface area contributed by atoms with Crippen LogP contribution in [0.25, 0.3) is 0 Å². The lowest BCUT2D eigenvalue weighted by atomic mass is 10.2. The molecule has 0 amide bonds. The summed E-state index contributed by atoms with van der Waals surface area (Å²) in [7, 11) is -0.871. The highest BCUT2D eigenvalue weighted by molar-refractivity contribution is 6.54. The average Bonchev–Trinajstić information content (AvgIpc) is 2.28. The molecule has 0 N–H and O–H groups in total. The molecule has 0 aromatic rings. The lowest BCUT2D eigenvalue weighted by Crippen LogP contribution is -2.16. The quantitative estimate of drug-likeness (QED) is 0.730. The van der Waals surface area contributed by atoms with Crippen molar-refractivity contribution in [3.8, 4) is 0 Å². The van der Waals surface area contributed by atoms with E-state index in [1.54, 1.807) is 6.55 Å². The molecule has 98 valence electrons. The first-order valence-corrected chi connectivity index (χ1v) is 8.89. The van der Waals surface area contributed by atoms with E-state index in [0.717, 1.165) is 13.2 Å². The highest BCUT2D eigenvalue weighted by Gasteiger charge is 2.27. The minimum Gasteiger partial charge on any atom is -0.466 e.